The lowest BCUT2D eigenvalue weighted by Crippen LogP contribution is -1.92. The minimum Gasteiger partial charge on any atom is -0.496 e. The van der Waals surface area contributed by atoms with Crippen LogP contribution >= 0.6 is 22.6 Å². The monoisotopic (exact) mass is 292 g/mol. The van der Waals surface area contributed by atoms with Crippen LogP contribution < -0.4 is 4.74 Å². The Kier molecular flexibility index (Phi) is 4.07. The fourth-order valence-electron chi connectivity index (χ4n) is 1.21. The highest BCUT2D eigenvalue weighted by Crippen LogP contribution is 2.21. The Labute approximate surface area is 90.1 Å². The lowest BCUT2D eigenvalue weighted by molar-refractivity contribution is 0.410. The Morgan fingerprint density at radius 2 is 2.25 bits per heavy atom. The summed E-state index contributed by atoms with van der Waals surface area (Å²) in [6, 6.07) is 7.64. The second-order valence-corrected chi connectivity index (χ2v) is 4.95. The summed E-state index contributed by atoms with van der Waals surface area (Å²) < 4.78 is 6.56. The molecule has 0 fully saturated rings. The van der Waals surface area contributed by atoms with Crippen molar-refractivity contribution < 1.29 is 4.74 Å². The largest absolute Gasteiger partial charge is 0.496 e. The highest BCUT2D eigenvalue weighted by molar-refractivity contribution is 14.1. The van der Waals surface area contributed by atoms with E-state index in [9.17, 15) is 0 Å². The number of benzene rings is 1. The van der Waals surface area contributed by atoms with Gasteiger partial charge < -0.3 is 4.74 Å². The number of ether oxygens (including phenoxy) is 1. The van der Waals surface area contributed by atoms with Gasteiger partial charge in [0.1, 0.15) is 5.75 Å². The summed E-state index contributed by atoms with van der Waals surface area (Å²) in [5.74, 6) is 1.03. The van der Waals surface area contributed by atoms with Gasteiger partial charge in [-0.25, -0.2) is 0 Å². The van der Waals surface area contributed by atoms with Crippen molar-refractivity contribution >= 4 is 32.8 Å². The molecule has 1 rings (SSSR count). The average Bonchev–Trinajstić information content (AvgIpc) is 2.05. The first-order valence-corrected chi connectivity index (χ1v) is 6.59. The van der Waals surface area contributed by atoms with Crippen LogP contribution in [-0.2, 0) is 6.42 Å². The zero-order valence-corrected chi connectivity index (χ0v) is 11.6. The van der Waals surface area contributed by atoms with Gasteiger partial charge in [-0.3, -0.25) is 0 Å². The van der Waals surface area contributed by atoms with Crippen LogP contribution in [0.5, 0.6) is 5.75 Å². The van der Waals surface area contributed by atoms with Crippen LogP contribution in [0, 0.1) is 3.57 Å². The van der Waals surface area contributed by atoms with Crippen LogP contribution in [0.1, 0.15) is 5.56 Å². The summed E-state index contributed by atoms with van der Waals surface area (Å²) in [6.45, 7) is 0. The zero-order valence-electron chi connectivity index (χ0n) is 7.43. The van der Waals surface area contributed by atoms with E-state index in [1.54, 1.807) is 7.11 Å². The summed E-state index contributed by atoms with van der Waals surface area (Å²) >= 11 is 2.33. The third-order valence-electron chi connectivity index (χ3n) is 1.76. The summed E-state index contributed by atoms with van der Waals surface area (Å²) in [4.78, 5) is 0. The van der Waals surface area contributed by atoms with E-state index >= 15 is 0 Å². The quantitative estimate of drug-likeness (QED) is 0.608. The number of aryl methyl sites for hydroxylation is 1. The molecule has 0 atom stereocenters. The Morgan fingerprint density at radius 1 is 1.50 bits per heavy atom. The molecule has 0 N–H and O–H groups in total. The molecule has 1 nitrogen and oxygen atoms in total. The standard InChI is InChI=1S/C9H13IOSi/c1-11-9-3-2-8(10)6-7(9)4-5-12/h2-3,6H,4-5H2,1,12H3. The van der Waals surface area contributed by atoms with E-state index in [1.807, 2.05) is 6.07 Å². The lowest BCUT2D eigenvalue weighted by atomic mass is 10.1. The molecule has 0 saturated heterocycles. The Balaban J connectivity index is 2.95. The maximum absolute atomic E-state index is 5.26. The smallest absolute Gasteiger partial charge is 0.122 e. The summed E-state index contributed by atoms with van der Waals surface area (Å²) in [6.07, 6.45) is 1.16. The van der Waals surface area contributed by atoms with Gasteiger partial charge in [-0.15, -0.1) is 0 Å². The molecule has 1 aromatic carbocycles. The maximum Gasteiger partial charge on any atom is 0.122 e. The van der Waals surface area contributed by atoms with Gasteiger partial charge in [-0.2, -0.15) is 0 Å². The van der Waals surface area contributed by atoms with E-state index in [0.29, 0.717) is 0 Å². The van der Waals surface area contributed by atoms with E-state index in [4.69, 9.17) is 4.74 Å². The SMILES string of the molecule is COc1ccc(I)cc1CC[SiH3]. The summed E-state index contributed by atoms with van der Waals surface area (Å²) in [5, 5.41) is 0. The molecule has 3 heteroatoms. The van der Waals surface area contributed by atoms with Gasteiger partial charge >= 0.3 is 0 Å². The minimum atomic E-state index is 1.03. The molecular formula is C9H13IOSi. The van der Waals surface area contributed by atoms with Gasteiger partial charge in [-0.1, -0.05) is 6.04 Å². The molecule has 0 aliphatic carbocycles. The van der Waals surface area contributed by atoms with Crippen LogP contribution in [0.2, 0.25) is 6.04 Å². The Bertz CT molecular complexity index is 263. The van der Waals surface area contributed by atoms with Gasteiger partial charge in [0, 0.05) is 13.8 Å². The van der Waals surface area contributed by atoms with Crippen LogP contribution in [0.3, 0.4) is 0 Å². The third-order valence-corrected chi connectivity index (χ3v) is 2.93. The summed E-state index contributed by atoms with van der Waals surface area (Å²) in [5.41, 5.74) is 1.35. The number of methoxy groups -OCH3 is 1. The van der Waals surface area contributed by atoms with E-state index in [2.05, 4.69) is 34.7 Å². The lowest BCUT2D eigenvalue weighted by Gasteiger charge is -2.07. The van der Waals surface area contributed by atoms with E-state index in [-0.39, 0.29) is 0 Å². The second kappa shape index (κ2) is 4.86. The van der Waals surface area contributed by atoms with Gasteiger partial charge in [0.25, 0.3) is 0 Å². The predicted octanol–water partition coefficient (Wildman–Crippen LogP) is 1.63. The molecule has 0 spiro atoms. The molecule has 0 aliphatic rings. The molecule has 0 bridgehead atoms. The van der Waals surface area contributed by atoms with Crippen LogP contribution in [0.25, 0.3) is 0 Å². The van der Waals surface area contributed by atoms with Crippen molar-refractivity contribution in [3.8, 4) is 5.75 Å². The fourth-order valence-corrected chi connectivity index (χ4v) is 2.31. The first kappa shape index (κ1) is 10.1. The van der Waals surface area contributed by atoms with Gasteiger partial charge in [0.05, 0.1) is 7.11 Å². The number of halogens is 1. The molecule has 66 valence electrons. The van der Waals surface area contributed by atoms with Gasteiger partial charge in [0.15, 0.2) is 0 Å². The van der Waals surface area contributed by atoms with E-state index < -0.39 is 0 Å². The molecule has 0 unspecified atom stereocenters. The van der Waals surface area contributed by atoms with E-state index in [1.165, 1.54) is 25.4 Å². The molecule has 12 heavy (non-hydrogen) atoms. The minimum absolute atomic E-state index is 1.03. The predicted molar refractivity (Wildman–Crippen MR) is 64.2 cm³/mol. The van der Waals surface area contributed by atoms with Crippen molar-refractivity contribution in [2.75, 3.05) is 7.11 Å². The highest BCUT2D eigenvalue weighted by Gasteiger charge is 2.01. The zero-order chi connectivity index (χ0) is 8.97. The van der Waals surface area contributed by atoms with Crippen LogP contribution in [0.15, 0.2) is 18.2 Å². The van der Waals surface area contributed by atoms with Crippen molar-refractivity contribution in [3.05, 3.63) is 27.3 Å². The Morgan fingerprint density at radius 3 is 2.83 bits per heavy atom. The first-order chi connectivity index (χ1) is 5.77. The van der Waals surface area contributed by atoms with Crippen molar-refractivity contribution in [2.24, 2.45) is 0 Å². The molecule has 0 amide bonds. The molecule has 0 heterocycles. The molecule has 0 aromatic heterocycles. The molecule has 1 aromatic rings. The molecular weight excluding hydrogens is 279 g/mol. The number of rotatable bonds is 3. The second-order valence-electron chi connectivity index (χ2n) is 2.71. The average molecular weight is 292 g/mol. The van der Waals surface area contributed by atoms with Crippen LogP contribution in [-0.4, -0.2) is 17.4 Å². The topological polar surface area (TPSA) is 9.23 Å². The highest BCUT2D eigenvalue weighted by atomic mass is 127. The van der Waals surface area contributed by atoms with Crippen molar-refractivity contribution in [2.45, 2.75) is 12.5 Å². The number of hydrogen-bond donors (Lipinski definition) is 0. The van der Waals surface area contributed by atoms with Gasteiger partial charge in [0.2, 0.25) is 0 Å². The molecule has 0 aliphatic heterocycles. The Hall–Kier alpha value is -0.0331. The fraction of sp³-hybridized carbons (Fsp3) is 0.333. The molecule has 0 saturated carbocycles. The van der Waals surface area contributed by atoms with Crippen molar-refractivity contribution in [1.82, 2.24) is 0 Å². The van der Waals surface area contributed by atoms with Gasteiger partial charge in [-0.05, 0) is 52.8 Å². The first-order valence-electron chi connectivity index (χ1n) is 4.10. The van der Waals surface area contributed by atoms with Crippen LogP contribution in [0.4, 0.5) is 0 Å². The maximum atomic E-state index is 5.26. The summed E-state index contributed by atoms with van der Waals surface area (Å²) in [7, 11) is 3.00. The third kappa shape index (κ3) is 2.48. The molecule has 0 radical (unpaired) electrons. The van der Waals surface area contributed by atoms with Crippen molar-refractivity contribution in [3.63, 3.8) is 0 Å². The number of hydrogen-bond acceptors (Lipinski definition) is 1. The normalized spacial score (nSPS) is 10.2. The van der Waals surface area contributed by atoms with Crippen molar-refractivity contribution in [1.29, 1.82) is 0 Å². The van der Waals surface area contributed by atoms with E-state index in [0.717, 1.165) is 12.2 Å².